The molecule has 0 aliphatic carbocycles. The van der Waals surface area contributed by atoms with Crippen LogP contribution >= 0.6 is 0 Å². The lowest BCUT2D eigenvalue weighted by Crippen LogP contribution is -2.34. The van der Waals surface area contributed by atoms with Gasteiger partial charge in [-0.3, -0.25) is 4.79 Å². The third kappa shape index (κ3) is 6.89. The second kappa shape index (κ2) is 6.02. The zero-order valence-electron chi connectivity index (χ0n) is 9.97. The number of nitrogens with zero attached hydrogens (tertiary/aromatic N) is 1. The number of unbranched alkanes of at least 4 members (excludes halogenated alkanes) is 1. The molecular weight excluding hydrogens is 176 g/mol. The Labute approximate surface area is 87.6 Å². The third-order valence-corrected chi connectivity index (χ3v) is 1.98. The van der Waals surface area contributed by atoms with E-state index in [2.05, 4.69) is 20.8 Å². The Bertz CT molecular complexity index is 173. The first-order valence-corrected chi connectivity index (χ1v) is 5.31. The minimum absolute atomic E-state index is 0.179. The van der Waals surface area contributed by atoms with Gasteiger partial charge in [0.2, 0.25) is 5.91 Å². The molecule has 0 unspecified atom stereocenters. The first-order valence-electron chi connectivity index (χ1n) is 5.31. The molecule has 0 atom stereocenters. The summed E-state index contributed by atoms with van der Waals surface area (Å²) in [5.41, 5.74) is 5.55. The fraction of sp³-hybridized carbons (Fsp3) is 0.909. The van der Waals surface area contributed by atoms with Crippen LogP contribution in [0.15, 0.2) is 0 Å². The molecule has 1 amide bonds. The molecule has 0 aliphatic rings. The van der Waals surface area contributed by atoms with Crippen molar-refractivity contribution in [1.82, 2.24) is 4.90 Å². The molecule has 3 heteroatoms. The monoisotopic (exact) mass is 200 g/mol. The van der Waals surface area contributed by atoms with Gasteiger partial charge in [-0.05, 0) is 24.8 Å². The molecule has 0 heterocycles. The van der Waals surface area contributed by atoms with E-state index in [0.29, 0.717) is 13.0 Å². The van der Waals surface area contributed by atoms with Gasteiger partial charge in [0, 0.05) is 20.0 Å². The number of nitrogens with two attached hydrogens (primary N) is 1. The lowest BCUT2D eigenvalue weighted by atomic mass is 9.96. The number of hydrogen-bond acceptors (Lipinski definition) is 2. The van der Waals surface area contributed by atoms with Crippen LogP contribution in [0.2, 0.25) is 0 Å². The van der Waals surface area contributed by atoms with Crippen molar-refractivity contribution in [2.24, 2.45) is 11.1 Å². The van der Waals surface area contributed by atoms with E-state index >= 15 is 0 Å². The molecule has 0 aromatic carbocycles. The molecule has 0 fully saturated rings. The predicted octanol–water partition coefficient (Wildman–Crippen LogP) is 1.62. The first kappa shape index (κ1) is 13.4. The van der Waals surface area contributed by atoms with Gasteiger partial charge in [-0.1, -0.05) is 20.8 Å². The van der Waals surface area contributed by atoms with Crippen LogP contribution in [0.3, 0.4) is 0 Å². The molecular formula is C11H24N2O. The van der Waals surface area contributed by atoms with Gasteiger partial charge >= 0.3 is 0 Å². The van der Waals surface area contributed by atoms with Crippen molar-refractivity contribution in [1.29, 1.82) is 0 Å². The average Bonchev–Trinajstić information content (AvgIpc) is 2.01. The minimum atomic E-state index is 0.179. The summed E-state index contributed by atoms with van der Waals surface area (Å²) in [6, 6.07) is 0. The molecule has 2 N–H and O–H groups in total. The lowest BCUT2D eigenvalue weighted by molar-refractivity contribution is -0.131. The van der Waals surface area contributed by atoms with Crippen molar-refractivity contribution >= 4 is 5.91 Å². The molecule has 0 spiro atoms. The van der Waals surface area contributed by atoms with Crippen LogP contribution in [0.4, 0.5) is 0 Å². The van der Waals surface area contributed by atoms with Crippen molar-refractivity contribution in [2.75, 3.05) is 20.1 Å². The number of carbonyl (C=O) groups excluding carboxylic acids is 1. The molecule has 0 saturated heterocycles. The number of hydrogen-bond donors (Lipinski definition) is 1. The van der Waals surface area contributed by atoms with Gasteiger partial charge in [0.05, 0.1) is 0 Å². The molecule has 0 aromatic rings. The topological polar surface area (TPSA) is 46.3 Å². The van der Waals surface area contributed by atoms with Gasteiger partial charge in [-0.25, -0.2) is 0 Å². The molecule has 0 saturated carbocycles. The maximum absolute atomic E-state index is 11.6. The van der Waals surface area contributed by atoms with Crippen LogP contribution in [0.25, 0.3) is 0 Å². The highest BCUT2D eigenvalue weighted by Gasteiger charge is 2.16. The standard InChI is InChI=1S/C11H24N2O/c1-11(2,3)9-13(4)10(14)7-5-6-8-12/h5-9,12H2,1-4H3. The van der Waals surface area contributed by atoms with Crippen LogP contribution in [-0.4, -0.2) is 30.9 Å². The summed E-state index contributed by atoms with van der Waals surface area (Å²) in [5, 5.41) is 0. The normalized spacial score (nSPS) is 11.5. The number of rotatable bonds is 5. The van der Waals surface area contributed by atoms with Crippen LogP contribution in [-0.2, 0) is 4.79 Å². The van der Waals surface area contributed by atoms with E-state index in [1.165, 1.54) is 0 Å². The predicted molar refractivity (Wildman–Crippen MR) is 60.0 cm³/mol. The smallest absolute Gasteiger partial charge is 0.222 e. The summed E-state index contributed by atoms with van der Waals surface area (Å²) in [6.45, 7) is 7.90. The quantitative estimate of drug-likeness (QED) is 0.685. The summed E-state index contributed by atoms with van der Waals surface area (Å²) >= 11 is 0. The zero-order valence-corrected chi connectivity index (χ0v) is 9.97. The Kier molecular flexibility index (Phi) is 5.77. The van der Waals surface area contributed by atoms with Gasteiger partial charge in [-0.2, -0.15) is 0 Å². The highest BCUT2D eigenvalue weighted by atomic mass is 16.2. The van der Waals surface area contributed by atoms with E-state index in [0.717, 1.165) is 19.4 Å². The molecule has 0 aliphatic heterocycles. The Hall–Kier alpha value is -0.570. The van der Waals surface area contributed by atoms with Gasteiger partial charge in [0.1, 0.15) is 0 Å². The highest BCUT2D eigenvalue weighted by Crippen LogP contribution is 2.14. The van der Waals surface area contributed by atoms with Crippen molar-refractivity contribution in [3.63, 3.8) is 0 Å². The van der Waals surface area contributed by atoms with Gasteiger partial charge in [0.25, 0.3) is 0 Å². The van der Waals surface area contributed by atoms with Crippen LogP contribution in [0, 0.1) is 5.41 Å². The summed E-state index contributed by atoms with van der Waals surface area (Å²) < 4.78 is 0. The molecule has 14 heavy (non-hydrogen) atoms. The Morgan fingerprint density at radius 2 is 1.86 bits per heavy atom. The Morgan fingerprint density at radius 3 is 2.29 bits per heavy atom. The summed E-state index contributed by atoms with van der Waals surface area (Å²) in [7, 11) is 1.87. The molecule has 0 bridgehead atoms. The number of amides is 1. The Morgan fingerprint density at radius 1 is 1.29 bits per heavy atom. The molecule has 0 radical (unpaired) electrons. The third-order valence-electron chi connectivity index (χ3n) is 1.98. The summed E-state index contributed by atoms with van der Waals surface area (Å²) in [6.07, 6.45) is 2.47. The molecule has 0 rings (SSSR count). The highest BCUT2D eigenvalue weighted by molar-refractivity contribution is 5.75. The second-order valence-electron chi connectivity index (χ2n) is 5.06. The van der Waals surface area contributed by atoms with Crippen molar-refractivity contribution in [3.8, 4) is 0 Å². The zero-order chi connectivity index (χ0) is 11.2. The lowest BCUT2D eigenvalue weighted by Gasteiger charge is -2.26. The van der Waals surface area contributed by atoms with Crippen LogP contribution in [0.5, 0.6) is 0 Å². The minimum Gasteiger partial charge on any atom is -0.345 e. The molecule has 3 nitrogen and oxygen atoms in total. The fourth-order valence-electron chi connectivity index (χ4n) is 1.41. The number of carbonyl (C=O) groups is 1. The molecule has 84 valence electrons. The van der Waals surface area contributed by atoms with E-state index in [9.17, 15) is 4.79 Å². The van der Waals surface area contributed by atoms with Gasteiger partial charge < -0.3 is 10.6 Å². The first-order chi connectivity index (χ1) is 6.37. The summed E-state index contributed by atoms with van der Waals surface area (Å²) in [4.78, 5) is 13.4. The van der Waals surface area contributed by atoms with Crippen LogP contribution < -0.4 is 5.73 Å². The maximum atomic E-state index is 11.6. The van der Waals surface area contributed by atoms with E-state index in [4.69, 9.17) is 5.73 Å². The second-order valence-corrected chi connectivity index (χ2v) is 5.06. The largest absolute Gasteiger partial charge is 0.345 e. The molecule has 0 aromatic heterocycles. The van der Waals surface area contributed by atoms with E-state index < -0.39 is 0 Å². The Balaban J connectivity index is 3.77. The van der Waals surface area contributed by atoms with E-state index in [1.807, 2.05) is 11.9 Å². The van der Waals surface area contributed by atoms with Crippen molar-refractivity contribution in [3.05, 3.63) is 0 Å². The SMILES string of the molecule is CN(CC(C)(C)C)C(=O)CCCCN. The van der Waals surface area contributed by atoms with Gasteiger partial charge in [-0.15, -0.1) is 0 Å². The summed E-state index contributed by atoms with van der Waals surface area (Å²) in [5.74, 6) is 0.230. The van der Waals surface area contributed by atoms with E-state index in [-0.39, 0.29) is 11.3 Å². The van der Waals surface area contributed by atoms with E-state index in [1.54, 1.807) is 0 Å². The maximum Gasteiger partial charge on any atom is 0.222 e. The van der Waals surface area contributed by atoms with Gasteiger partial charge in [0.15, 0.2) is 0 Å². The fourth-order valence-corrected chi connectivity index (χ4v) is 1.41. The van der Waals surface area contributed by atoms with Crippen molar-refractivity contribution < 1.29 is 4.79 Å². The van der Waals surface area contributed by atoms with Crippen LogP contribution in [0.1, 0.15) is 40.0 Å². The van der Waals surface area contributed by atoms with Crippen molar-refractivity contribution in [2.45, 2.75) is 40.0 Å². The average molecular weight is 200 g/mol.